The molecule has 0 amide bonds. The Hall–Kier alpha value is -1.39. The highest BCUT2D eigenvalue weighted by Crippen LogP contribution is 2.28. The molecule has 2 aliphatic rings. The van der Waals surface area contributed by atoms with Gasteiger partial charge < -0.3 is 9.80 Å². The van der Waals surface area contributed by atoms with Crippen molar-refractivity contribution < 1.29 is 0 Å². The lowest BCUT2D eigenvalue weighted by atomic mass is 10.1. The highest BCUT2D eigenvalue weighted by Gasteiger charge is 2.22. The van der Waals surface area contributed by atoms with Gasteiger partial charge in [0, 0.05) is 63.3 Å². The van der Waals surface area contributed by atoms with Gasteiger partial charge >= 0.3 is 0 Å². The fraction of sp³-hybridized carbons (Fsp3) is 0.588. The minimum absolute atomic E-state index is 1.08. The Bertz CT molecular complexity index is 442. The van der Waals surface area contributed by atoms with Crippen molar-refractivity contribution in [2.45, 2.75) is 13.3 Å². The van der Waals surface area contributed by atoms with Crippen LogP contribution < -0.4 is 0 Å². The van der Waals surface area contributed by atoms with E-state index < -0.39 is 0 Å². The monoisotopic (exact) mass is 288 g/mol. The second-order valence-corrected chi connectivity index (χ2v) is 5.98. The van der Waals surface area contributed by atoms with E-state index in [9.17, 15) is 0 Å². The van der Waals surface area contributed by atoms with Crippen LogP contribution >= 0.6 is 0 Å². The van der Waals surface area contributed by atoms with Gasteiger partial charge in [0.1, 0.15) is 0 Å². The Morgan fingerprint density at radius 2 is 1.90 bits per heavy atom. The fourth-order valence-corrected chi connectivity index (χ4v) is 3.10. The average molecular weight is 288 g/mol. The molecule has 0 aromatic carbocycles. The second kappa shape index (κ2) is 7.57. The van der Waals surface area contributed by atoms with Crippen LogP contribution in [0.15, 0.2) is 40.7 Å². The van der Waals surface area contributed by atoms with Gasteiger partial charge in [-0.3, -0.25) is 9.89 Å². The van der Waals surface area contributed by atoms with Crippen molar-refractivity contribution in [3.8, 4) is 0 Å². The molecular weight excluding hydrogens is 260 g/mol. The lowest BCUT2D eigenvalue weighted by Gasteiger charge is -2.34. The van der Waals surface area contributed by atoms with E-state index in [0.29, 0.717) is 0 Å². The number of rotatable bonds is 6. The Balaban J connectivity index is 1.95. The lowest BCUT2D eigenvalue weighted by molar-refractivity contribution is 0.144. The van der Waals surface area contributed by atoms with E-state index in [0.717, 1.165) is 31.6 Å². The molecule has 2 heterocycles. The van der Waals surface area contributed by atoms with Crippen molar-refractivity contribution in [1.29, 1.82) is 0 Å². The average Bonchev–Trinajstić information content (AvgIpc) is 2.85. The molecule has 0 aromatic heterocycles. The second-order valence-electron chi connectivity index (χ2n) is 5.98. The van der Waals surface area contributed by atoms with Crippen molar-refractivity contribution in [1.82, 2.24) is 14.7 Å². The number of allylic oxidation sites excluding steroid dienone is 1. The third kappa shape index (κ3) is 4.05. The standard InChI is InChI=1S/C17H28N4/c1-5-16(14-18-3)17-15(2)6-7-21(17)13-12-20-10-8-19(4)9-11-20/h5,14H,1,3,6-13H2,2,4H3/b16-14+. The predicted octanol–water partition coefficient (Wildman–Crippen LogP) is 1.98. The van der Waals surface area contributed by atoms with Crippen LogP contribution in [0.25, 0.3) is 0 Å². The van der Waals surface area contributed by atoms with E-state index >= 15 is 0 Å². The summed E-state index contributed by atoms with van der Waals surface area (Å²) in [7, 11) is 2.20. The molecule has 4 heteroatoms. The zero-order chi connectivity index (χ0) is 15.2. The van der Waals surface area contributed by atoms with E-state index in [1.807, 2.05) is 12.3 Å². The van der Waals surface area contributed by atoms with Crippen LogP contribution in [0.4, 0.5) is 0 Å². The summed E-state index contributed by atoms with van der Waals surface area (Å²) in [6.07, 6.45) is 4.85. The van der Waals surface area contributed by atoms with Crippen LogP contribution in [0.5, 0.6) is 0 Å². The first-order valence-electron chi connectivity index (χ1n) is 7.80. The van der Waals surface area contributed by atoms with Gasteiger partial charge in [0.2, 0.25) is 0 Å². The maximum absolute atomic E-state index is 3.92. The molecule has 1 saturated heterocycles. The number of hydrogen-bond acceptors (Lipinski definition) is 4. The molecule has 0 radical (unpaired) electrons. The molecule has 21 heavy (non-hydrogen) atoms. The van der Waals surface area contributed by atoms with Gasteiger partial charge in [-0.1, -0.05) is 12.7 Å². The molecule has 0 saturated carbocycles. The van der Waals surface area contributed by atoms with Gasteiger partial charge in [-0.15, -0.1) is 0 Å². The van der Waals surface area contributed by atoms with Gasteiger partial charge in [0.05, 0.1) is 0 Å². The van der Waals surface area contributed by atoms with Crippen LogP contribution in [0, 0.1) is 0 Å². The van der Waals surface area contributed by atoms with Crippen molar-refractivity contribution in [2.75, 3.05) is 52.9 Å². The molecule has 0 aromatic rings. The first kappa shape index (κ1) is 16.0. The molecule has 1 fully saturated rings. The SMILES string of the molecule is C=C/C(=C\N=C)C1=C(C)CCN1CCN1CCN(C)CC1. The van der Waals surface area contributed by atoms with Crippen molar-refractivity contribution in [3.05, 3.63) is 35.7 Å². The molecule has 0 atom stereocenters. The zero-order valence-corrected chi connectivity index (χ0v) is 13.5. The quantitative estimate of drug-likeness (QED) is 0.551. The smallest absolute Gasteiger partial charge is 0.0445 e. The summed E-state index contributed by atoms with van der Waals surface area (Å²) >= 11 is 0. The predicted molar refractivity (Wildman–Crippen MR) is 90.7 cm³/mol. The third-order valence-electron chi connectivity index (χ3n) is 4.48. The number of piperazine rings is 1. The summed E-state index contributed by atoms with van der Waals surface area (Å²) < 4.78 is 0. The number of aliphatic imine (C=N–C) groups is 1. The summed E-state index contributed by atoms with van der Waals surface area (Å²) in [6, 6.07) is 0. The molecule has 0 aliphatic carbocycles. The Labute approximate surface area is 129 Å². The summed E-state index contributed by atoms with van der Waals surface area (Å²) in [5, 5.41) is 0. The Morgan fingerprint density at radius 1 is 1.19 bits per heavy atom. The highest BCUT2D eigenvalue weighted by molar-refractivity contribution is 5.44. The Morgan fingerprint density at radius 3 is 2.52 bits per heavy atom. The van der Waals surface area contributed by atoms with Crippen molar-refractivity contribution in [2.24, 2.45) is 4.99 Å². The minimum atomic E-state index is 1.08. The largest absolute Gasteiger partial charge is 0.369 e. The highest BCUT2D eigenvalue weighted by atomic mass is 15.3. The lowest BCUT2D eigenvalue weighted by Crippen LogP contribution is -2.46. The number of nitrogens with zero attached hydrogens (tertiary/aromatic N) is 4. The van der Waals surface area contributed by atoms with Crippen LogP contribution in [-0.4, -0.2) is 74.3 Å². The first-order valence-corrected chi connectivity index (χ1v) is 7.80. The molecule has 0 bridgehead atoms. The molecule has 2 rings (SSSR count). The molecule has 4 nitrogen and oxygen atoms in total. The van der Waals surface area contributed by atoms with Crippen LogP contribution in [0.1, 0.15) is 13.3 Å². The van der Waals surface area contributed by atoms with Gasteiger partial charge in [0.15, 0.2) is 0 Å². The number of likely N-dealkylation sites (N-methyl/N-ethyl adjacent to an activating group) is 1. The van der Waals surface area contributed by atoms with Crippen LogP contribution in [-0.2, 0) is 0 Å². The van der Waals surface area contributed by atoms with E-state index in [2.05, 4.69) is 47.0 Å². The van der Waals surface area contributed by atoms with Gasteiger partial charge in [-0.05, 0) is 32.7 Å². The number of hydrogen-bond donors (Lipinski definition) is 0. The summed E-state index contributed by atoms with van der Waals surface area (Å²) in [6.45, 7) is 17.8. The normalized spacial score (nSPS) is 22.0. The topological polar surface area (TPSA) is 22.1 Å². The van der Waals surface area contributed by atoms with Crippen LogP contribution in [0.2, 0.25) is 0 Å². The maximum atomic E-state index is 3.92. The van der Waals surface area contributed by atoms with Crippen LogP contribution in [0.3, 0.4) is 0 Å². The zero-order valence-electron chi connectivity index (χ0n) is 13.5. The molecule has 116 valence electrons. The molecule has 0 N–H and O–H groups in total. The van der Waals surface area contributed by atoms with Gasteiger partial charge in [-0.25, -0.2) is 0 Å². The third-order valence-corrected chi connectivity index (χ3v) is 4.48. The molecule has 0 unspecified atom stereocenters. The van der Waals surface area contributed by atoms with E-state index in [1.165, 1.54) is 37.4 Å². The van der Waals surface area contributed by atoms with Gasteiger partial charge in [-0.2, -0.15) is 0 Å². The maximum Gasteiger partial charge on any atom is 0.0445 e. The Kier molecular flexibility index (Phi) is 5.76. The minimum Gasteiger partial charge on any atom is -0.369 e. The first-order chi connectivity index (χ1) is 10.2. The van der Waals surface area contributed by atoms with Crippen molar-refractivity contribution in [3.63, 3.8) is 0 Å². The molecule has 0 spiro atoms. The van der Waals surface area contributed by atoms with E-state index in [-0.39, 0.29) is 0 Å². The summed E-state index contributed by atoms with van der Waals surface area (Å²) in [4.78, 5) is 11.4. The summed E-state index contributed by atoms with van der Waals surface area (Å²) in [5.74, 6) is 0. The molecule has 2 aliphatic heterocycles. The van der Waals surface area contributed by atoms with Crippen molar-refractivity contribution >= 4 is 6.72 Å². The van der Waals surface area contributed by atoms with E-state index in [4.69, 9.17) is 0 Å². The van der Waals surface area contributed by atoms with Gasteiger partial charge in [0.25, 0.3) is 0 Å². The van der Waals surface area contributed by atoms with E-state index in [1.54, 1.807) is 0 Å². The summed E-state index contributed by atoms with van der Waals surface area (Å²) in [5.41, 5.74) is 3.84. The molecular formula is C17H28N4. The fourth-order valence-electron chi connectivity index (χ4n) is 3.10.